The summed E-state index contributed by atoms with van der Waals surface area (Å²) in [6.07, 6.45) is -4.25. The molecule has 3 rings (SSSR count). The van der Waals surface area contributed by atoms with Gasteiger partial charge in [-0.1, -0.05) is 6.07 Å². The van der Waals surface area contributed by atoms with Crippen LogP contribution in [0.2, 0.25) is 0 Å². The van der Waals surface area contributed by atoms with E-state index in [0.717, 1.165) is 36.8 Å². The first-order valence-electron chi connectivity index (χ1n) is 9.88. The van der Waals surface area contributed by atoms with Gasteiger partial charge in [-0.25, -0.2) is 0 Å². The van der Waals surface area contributed by atoms with E-state index in [0.29, 0.717) is 31.6 Å². The number of benzene rings is 1. The van der Waals surface area contributed by atoms with Gasteiger partial charge < -0.3 is 19.4 Å². The third kappa shape index (κ3) is 5.16. The van der Waals surface area contributed by atoms with E-state index in [1.165, 1.54) is 0 Å². The van der Waals surface area contributed by atoms with Gasteiger partial charge in [-0.15, -0.1) is 11.6 Å². The van der Waals surface area contributed by atoms with Gasteiger partial charge in [0, 0.05) is 51.1 Å². The molecule has 0 radical (unpaired) electrons. The maximum Gasteiger partial charge on any atom is 0.471 e. The van der Waals surface area contributed by atoms with Gasteiger partial charge in [0.05, 0.1) is 11.1 Å². The van der Waals surface area contributed by atoms with Gasteiger partial charge in [0.2, 0.25) is 0 Å². The van der Waals surface area contributed by atoms with Crippen LogP contribution in [0.15, 0.2) is 18.2 Å². The van der Waals surface area contributed by atoms with Crippen molar-refractivity contribution in [3.05, 3.63) is 23.8 Å². The highest BCUT2D eigenvalue weighted by Crippen LogP contribution is 2.38. The standard InChI is InChI=1S/C20H27ClF3N3O2/c1-14(21)17-4-3-16(26-9-7-25(2)8-10-26)13-18(17)27(19(28)20(22,23)24)15-5-11-29-12-6-15/h3-4,13-15H,5-12H2,1-2H3/t14-/m1/s1. The maximum atomic E-state index is 13.5. The van der Waals surface area contributed by atoms with E-state index in [9.17, 15) is 18.0 Å². The summed E-state index contributed by atoms with van der Waals surface area (Å²) in [6.45, 7) is 5.65. The minimum Gasteiger partial charge on any atom is -0.381 e. The summed E-state index contributed by atoms with van der Waals surface area (Å²) in [5, 5.41) is -0.532. The summed E-state index contributed by atoms with van der Waals surface area (Å²) in [4.78, 5) is 17.7. The van der Waals surface area contributed by atoms with Crippen molar-refractivity contribution in [3.63, 3.8) is 0 Å². The third-order valence-electron chi connectivity index (χ3n) is 5.59. The SMILES string of the molecule is C[C@@H](Cl)c1ccc(N2CCN(C)CC2)cc1N(C(=O)C(F)(F)F)C1CCOCC1. The summed E-state index contributed by atoms with van der Waals surface area (Å²) in [5.74, 6) is -1.85. The van der Waals surface area contributed by atoms with E-state index < -0.39 is 23.5 Å². The monoisotopic (exact) mass is 433 g/mol. The molecule has 1 aromatic carbocycles. The lowest BCUT2D eigenvalue weighted by molar-refractivity contribution is -0.171. The second kappa shape index (κ2) is 9.10. The molecule has 0 aromatic heterocycles. The van der Waals surface area contributed by atoms with Crippen molar-refractivity contribution in [1.29, 1.82) is 0 Å². The number of likely N-dealkylation sites (N-methyl/N-ethyl adjacent to an activating group) is 1. The molecule has 9 heteroatoms. The Hall–Kier alpha value is -1.51. The van der Waals surface area contributed by atoms with Crippen molar-refractivity contribution in [2.24, 2.45) is 0 Å². The van der Waals surface area contributed by atoms with Crippen molar-refractivity contribution in [1.82, 2.24) is 4.90 Å². The summed E-state index contributed by atoms with van der Waals surface area (Å²) in [5.41, 5.74) is 1.58. The lowest BCUT2D eigenvalue weighted by atomic mass is 10.0. The van der Waals surface area contributed by atoms with Gasteiger partial charge in [0.1, 0.15) is 0 Å². The molecule has 29 heavy (non-hydrogen) atoms. The highest BCUT2D eigenvalue weighted by molar-refractivity contribution is 6.21. The Morgan fingerprint density at radius 3 is 2.38 bits per heavy atom. The molecule has 2 aliphatic rings. The lowest BCUT2D eigenvalue weighted by Crippen LogP contribution is -2.50. The molecule has 2 fully saturated rings. The van der Waals surface area contributed by atoms with Crippen molar-refractivity contribution in [2.75, 3.05) is 56.2 Å². The Balaban J connectivity index is 2.04. The topological polar surface area (TPSA) is 36.0 Å². The zero-order valence-electron chi connectivity index (χ0n) is 16.7. The number of hydrogen-bond acceptors (Lipinski definition) is 4. The van der Waals surface area contributed by atoms with Gasteiger partial charge in [-0.05, 0) is 44.5 Å². The smallest absolute Gasteiger partial charge is 0.381 e. The molecule has 0 bridgehead atoms. The average Bonchev–Trinajstić information content (AvgIpc) is 2.68. The fraction of sp³-hybridized carbons (Fsp3) is 0.650. The van der Waals surface area contributed by atoms with E-state index in [2.05, 4.69) is 9.80 Å². The molecule has 0 saturated carbocycles. The average molecular weight is 434 g/mol. The van der Waals surface area contributed by atoms with Crippen molar-refractivity contribution < 1.29 is 22.7 Å². The van der Waals surface area contributed by atoms with E-state index in [1.807, 2.05) is 13.1 Å². The van der Waals surface area contributed by atoms with Crippen LogP contribution < -0.4 is 9.80 Å². The summed E-state index contributed by atoms with van der Waals surface area (Å²) < 4.78 is 45.8. The molecule has 162 valence electrons. The minimum absolute atomic E-state index is 0.248. The number of hydrogen-bond donors (Lipinski definition) is 0. The van der Waals surface area contributed by atoms with Crippen LogP contribution in [0.4, 0.5) is 24.5 Å². The highest BCUT2D eigenvalue weighted by Gasteiger charge is 2.46. The molecule has 0 unspecified atom stereocenters. The molecule has 1 atom stereocenters. The van der Waals surface area contributed by atoms with Gasteiger partial charge >= 0.3 is 12.1 Å². The number of carbonyl (C=O) groups excluding carboxylic acids is 1. The number of nitrogens with zero attached hydrogens (tertiary/aromatic N) is 3. The number of anilines is 2. The number of ether oxygens (including phenoxy) is 1. The molecule has 0 aliphatic carbocycles. The molecule has 2 saturated heterocycles. The largest absolute Gasteiger partial charge is 0.471 e. The van der Waals surface area contributed by atoms with Crippen LogP contribution in [0.3, 0.4) is 0 Å². The summed E-state index contributed by atoms with van der Waals surface area (Å²) in [6, 6.07) is 4.74. The van der Waals surface area contributed by atoms with Gasteiger partial charge in [-0.2, -0.15) is 13.2 Å². The van der Waals surface area contributed by atoms with E-state index in [-0.39, 0.29) is 5.69 Å². The zero-order chi connectivity index (χ0) is 21.2. The van der Waals surface area contributed by atoms with Crippen molar-refractivity contribution in [3.8, 4) is 0 Å². The normalized spacial score (nSPS) is 20.6. The Bertz CT molecular complexity index is 715. The number of amides is 1. The van der Waals surface area contributed by atoms with E-state index in [1.54, 1.807) is 19.1 Å². The summed E-state index contributed by atoms with van der Waals surface area (Å²) >= 11 is 6.30. The van der Waals surface area contributed by atoms with Gasteiger partial charge in [-0.3, -0.25) is 4.79 Å². The second-order valence-electron chi connectivity index (χ2n) is 7.67. The zero-order valence-corrected chi connectivity index (χ0v) is 17.5. The first-order valence-corrected chi connectivity index (χ1v) is 10.3. The number of carbonyl (C=O) groups is 1. The third-order valence-corrected chi connectivity index (χ3v) is 5.82. The number of halogens is 4. The Kier molecular flexibility index (Phi) is 6.96. The van der Waals surface area contributed by atoms with Gasteiger partial charge in [0.25, 0.3) is 0 Å². The van der Waals surface area contributed by atoms with Crippen molar-refractivity contribution in [2.45, 2.75) is 37.4 Å². The second-order valence-corrected chi connectivity index (χ2v) is 8.32. The van der Waals surface area contributed by atoms with Crippen molar-refractivity contribution >= 4 is 28.9 Å². The predicted octanol–water partition coefficient (Wildman–Crippen LogP) is 3.81. The van der Waals surface area contributed by atoms with Crippen LogP contribution >= 0.6 is 11.6 Å². The molecule has 5 nitrogen and oxygen atoms in total. The van der Waals surface area contributed by atoms with Crippen LogP contribution in [0, 0.1) is 0 Å². The van der Waals surface area contributed by atoms with E-state index >= 15 is 0 Å². The predicted molar refractivity (Wildman–Crippen MR) is 108 cm³/mol. The fourth-order valence-corrected chi connectivity index (χ4v) is 4.07. The fourth-order valence-electron chi connectivity index (χ4n) is 3.89. The first-order chi connectivity index (χ1) is 13.7. The Morgan fingerprint density at radius 2 is 1.83 bits per heavy atom. The Labute approximate surface area is 174 Å². The molecule has 0 N–H and O–H groups in total. The first kappa shape index (κ1) is 22.2. The molecular weight excluding hydrogens is 407 g/mol. The quantitative estimate of drug-likeness (QED) is 0.676. The Morgan fingerprint density at radius 1 is 1.21 bits per heavy atom. The number of piperazine rings is 1. The van der Waals surface area contributed by atoms with Crippen LogP contribution in [0.25, 0.3) is 0 Å². The lowest BCUT2D eigenvalue weighted by Gasteiger charge is -2.38. The maximum absolute atomic E-state index is 13.5. The number of alkyl halides is 4. The van der Waals surface area contributed by atoms with E-state index in [4.69, 9.17) is 16.3 Å². The minimum atomic E-state index is -4.96. The molecule has 2 aliphatic heterocycles. The highest BCUT2D eigenvalue weighted by atomic mass is 35.5. The molecular formula is C20H27ClF3N3O2. The number of rotatable bonds is 4. The molecule has 0 spiro atoms. The van der Waals surface area contributed by atoms with Crippen LogP contribution in [0.5, 0.6) is 0 Å². The molecule has 1 aromatic rings. The van der Waals surface area contributed by atoms with Crippen LogP contribution in [-0.4, -0.2) is 69.5 Å². The molecule has 1 amide bonds. The molecule has 2 heterocycles. The van der Waals surface area contributed by atoms with Crippen LogP contribution in [-0.2, 0) is 9.53 Å². The summed E-state index contributed by atoms with van der Waals surface area (Å²) in [7, 11) is 2.04. The van der Waals surface area contributed by atoms with Gasteiger partial charge in [0.15, 0.2) is 0 Å². The van der Waals surface area contributed by atoms with Crippen LogP contribution in [0.1, 0.15) is 30.7 Å².